The highest BCUT2D eigenvalue weighted by Crippen LogP contribution is 2.22. The second-order valence-electron chi connectivity index (χ2n) is 4.12. The molecule has 0 atom stereocenters. The zero-order chi connectivity index (χ0) is 15.9. The lowest BCUT2D eigenvalue weighted by molar-refractivity contribution is -0.120. The van der Waals surface area contributed by atoms with Crippen molar-refractivity contribution in [2.45, 2.75) is 0 Å². The van der Waals surface area contributed by atoms with E-state index in [1.165, 1.54) is 30.7 Å². The van der Waals surface area contributed by atoms with Crippen LogP contribution in [0.25, 0.3) is 0 Å². The lowest BCUT2D eigenvalue weighted by Crippen LogP contribution is -2.34. The summed E-state index contributed by atoms with van der Waals surface area (Å²) in [6, 6.07) is 7.82. The number of amides is 2. The molecule has 0 saturated carbocycles. The third-order valence-corrected chi connectivity index (χ3v) is 3.25. The number of benzene rings is 1. The Hall–Kier alpha value is -2.31. The molecule has 22 heavy (non-hydrogen) atoms. The standard InChI is InChI=1S/C14H11Cl2N3O3/c15-11-4-3-9(6-12(11)16)14(21)17-8-13(20)19-18-7-10-2-1-5-22-10/h1-7H,8H2,(H,17,21)(H,19,20)/b18-7-. The van der Waals surface area contributed by atoms with Gasteiger partial charge in [-0.1, -0.05) is 23.2 Å². The zero-order valence-corrected chi connectivity index (χ0v) is 12.7. The summed E-state index contributed by atoms with van der Waals surface area (Å²) < 4.78 is 5.00. The number of nitrogens with zero attached hydrogens (tertiary/aromatic N) is 1. The van der Waals surface area contributed by atoms with Crippen LogP contribution >= 0.6 is 23.2 Å². The molecule has 8 heteroatoms. The van der Waals surface area contributed by atoms with Gasteiger partial charge in [0.2, 0.25) is 0 Å². The molecule has 2 rings (SSSR count). The maximum Gasteiger partial charge on any atom is 0.259 e. The van der Waals surface area contributed by atoms with Crippen LogP contribution in [0.15, 0.2) is 46.1 Å². The molecule has 2 aromatic rings. The van der Waals surface area contributed by atoms with Crippen LogP contribution in [0.3, 0.4) is 0 Å². The highest BCUT2D eigenvalue weighted by molar-refractivity contribution is 6.42. The molecular formula is C14H11Cl2N3O3. The normalized spacial score (nSPS) is 10.6. The molecule has 6 nitrogen and oxygen atoms in total. The van der Waals surface area contributed by atoms with Crippen molar-refractivity contribution in [3.63, 3.8) is 0 Å². The molecule has 0 aliphatic heterocycles. The number of hydrogen-bond donors (Lipinski definition) is 2. The van der Waals surface area contributed by atoms with Crippen molar-refractivity contribution in [3.05, 3.63) is 58.0 Å². The first-order valence-corrected chi connectivity index (χ1v) is 6.90. The van der Waals surface area contributed by atoms with Gasteiger partial charge >= 0.3 is 0 Å². The molecule has 2 amide bonds. The van der Waals surface area contributed by atoms with Gasteiger partial charge in [-0.3, -0.25) is 9.59 Å². The number of halogens is 2. The Labute approximate surface area is 136 Å². The SMILES string of the molecule is O=C(CNC(=O)c1ccc(Cl)c(Cl)c1)N/N=C\c1ccco1. The van der Waals surface area contributed by atoms with Gasteiger partial charge in [-0.15, -0.1) is 0 Å². The predicted octanol–water partition coefficient (Wildman–Crippen LogP) is 2.47. The van der Waals surface area contributed by atoms with E-state index < -0.39 is 11.8 Å². The largest absolute Gasteiger partial charge is 0.463 e. The monoisotopic (exact) mass is 339 g/mol. The summed E-state index contributed by atoms with van der Waals surface area (Å²) in [4.78, 5) is 23.3. The van der Waals surface area contributed by atoms with E-state index in [4.69, 9.17) is 27.6 Å². The van der Waals surface area contributed by atoms with E-state index in [9.17, 15) is 9.59 Å². The Morgan fingerprint density at radius 3 is 2.73 bits per heavy atom. The van der Waals surface area contributed by atoms with Gasteiger partial charge in [-0.2, -0.15) is 5.10 Å². The van der Waals surface area contributed by atoms with E-state index in [1.54, 1.807) is 12.1 Å². The van der Waals surface area contributed by atoms with E-state index in [2.05, 4.69) is 15.8 Å². The average Bonchev–Trinajstić information content (AvgIpc) is 3.01. The maximum absolute atomic E-state index is 11.8. The van der Waals surface area contributed by atoms with Crippen LogP contribution in [0.1, 0.15) is 16.1 Å². The molecule has 0 unspecified atom stereocenters. The Kier molecular flexibility index (Phi) is 5.57. The van der Waals surface area contributed by atoms with Gasteiger partial charge in [-0.25, -0.2) is 5.43 Å². The molecule has 0 aliphatic carbocycles. The summed E-state index contributed by atoms with van der Waals surface area (Å²) in [6.45, 7) is -0.228. The molecule has 1 aromatic heterocycles. The summed E-state index contributed by atoms with van der Waals surface area (Å²) in [5.41, 5.74) is 2.56. The van der Waals surface area contributed by atoms with E-state index in [-0.39, 0.29) is 11.6 Å². The molecular weight excluding hydrogens is 329 g/mol. The van der Waals surface area contributed by atoms with Gasteiger partial charge in [0.05, 0.1) is 29.1 Å². The number of carbonyl (C=O) groups is 2. The fourth-order valence-electron chi connectivity index (χ4n) is 1.47. The number of nitrogens with one attached hydrogen (secondary N) is 2. The number of carbonyl (C=O) groups excluding carboxylic acids is 2. The first kappa shape index (κ1) is 16.1. The molecule has 0 spiro atoms. The van der Waals surface area contributed by atoms with Crippen LogP contribution in [0.2, 0.25) is 10.0 Å². The Morgan fingerprint density at radius 2 is 2.05 bits per heavy atom. The third kappa shape index (κ3) is 4.61. The lowest BCUT2D eigenvalue weighted by Gasteiger charge is -2.05. The van der Waals surface area contributed by atoms with Crippen molar-refractivity contribution < 1.29 is 14.0 Å². The van der Waals surface area contributed by atoms with Crippen molar-refractivity contribution in [1.29, 1.82) is 0 Å². The Balaban J connectivity index is 1.80. The predicted molar refractivity (Wildman–Crippen MR) is 83.2 cm³/mol. The highest BCUT2D eigenvalue weighted by atomic mass is 35.5. The van der Waals surface area contributed by atoms with Gasteiger partial charge in [0.1, 0.15) is 5.76 Å². The average molecular weight is 340 g/mol. The van der Waals surface area contributed by atoms with Gasteiger partial charge in [0, 0.05) is 5.56 Å². The van der Waals surface area contributed by atoms with E-state index >= 15 is 0 Å². The summed E-state index contributed by atoms with van der Waals surface area (Å²) >= 11 is 11.6. The van der Waals surface area contributed by atoms with Crippen molar-refractivity contribution in [1.82, 2.24) is 10.7 Å². The number of rotatable bonds is 5. The third-order valence-electron chi connectivity index (χ3n) is 2.52. The number of hydrogen-bond acceptors (Lipinski definition) is 4. The van der Waals surface area contributed by atoms with Crippen molar-refractivity contribution >= 4 is 41.2 Å². The number of furan rings is 1. The quantitative estimate of drug-likeness (QED) is 0.648. The highest BCUT2D eigenvalue weighted by Gasteiger charge is 2.09. The molecule has 0 fully saturated rings. The molecule has 0 bridgehead atoms. The minimum Gasteiger partial charge on any atom is -0.463 e. The van der Waals surface area contributed by atoms with Crippen LogP contribution in [0.5, 0.6) is 0 Å². The molecule has 1 heterocycles. The molecule has 0 saturated heterocycles. The molecule has 1 aromatic carbocycles. The van der Waals surface area contributed by atoms with Crippen LogP contribution in [-0.4, -0.2) is 24.6 Å². The van der Waals surface area contributed by atoms with Gasteiger partial charge in [-0.05, 0) is 30.3 Å². The lowest BCUT2D eigenvalue weighted by atomic mass is 10.2. The first-order chi connectivity index (χ1) is 10.6. The molecule has 0 aliphatic rings. The zero-order valence-electron chi connectivity index (χ0n) is 11.2. The molecule has 2 N–H and O–H groups in total. The van der Waals surface area contributed by atoms with Crippen LogP contribution in [0, 0.1) is 0 Å². The smallest absolute Gasteiger partial charge is 0.259 e. The summed E-state index contributed by atoms with van der Waals surface area (Å²) in [5.74, 6) is -0.417. The summed E-state index contributed by atoms with van der Waals surface area (Å²) in [6.07, 6.45) is 2.83. The maximum atomic E-state index is 11.8. The van der Waals surface area contributed by atoms with E-state index in [0.29, 0.717) is 16.3 Å². The van der Waals surface area contributed by atoms with E-state index in [0.717, 1.165) is 0 Å². The number of hydrazone groups is 1. The fourth-order valence-corrected chi connectivity index (χ4v) is 1.77. The first-order valence-electron chi connectivity index (χ1n) is 6.15. The second kappa shape index (κ2) is 7.63. The summed E-state index contributed by atoms with van der Waals surface area (Å²) in [7, 11) is 0. The van der Waals surface area contributed by atoms with Gasteiger partial charge < -0.3 is 9.73 Å². The summed E-state index contributed by atoms with van der Waals surface area (Å²) in [5, 5.41) is 6.74. The second-order valence-corrected chi connectivity index (χ2v) is 4.93. The van der Waals surface area contributed by atoms with Crippen LogP contribution in [0.4, 0.5) is 0 Å². The van der Waals surface area contributed by atoms with Crippen LogP contribution < -0.4 is 10.7 Å². The van der Waals surface area contributed by atoms with Crippen LogP contribution in [-0.2, 0) is 4.79 Å². The van der Waals surface area contributed by atoms with Crippen molar-refractivity contribution in [3.8, 4) is 0 Å². The minimum absolute atomic E-state index is 0.228. The molecule has 114 valence electrons. The topological polar surface area (TPSA) is 83.7 Å². The van der Waals surface area contributed by atoms with Crippen molar-refractivity contribution in [2.24, 2.45) is 5.10 Å². The Morgan fingerprint density at radius 1 is 1.23 bits per heavy atom. The van der Waals surface area contributed by atoms with Gasteiger partial charge in [0.25, 0.3) is 11.8 Å². The molecule has 0 radical (unpaired) electrons. The van der Waals surface area contributed by atoms with Gasteiger partial charge in [0.15, 0.2) is 0 Å². The van der Waals surface area contributed by atoms with E-state index in [1.807, 2.05) is 0 Å². The minimum atomic E-state index is -0.476. The fraction of sp³-hybridized carbons (Fsp3) is 0.0714. The van der Waals surface area contributed by atoms with Crippen molar-refractivity contribution in [2.75, 3.05) is 6.54 Å². The Bertz CT molecular complexity index is 699.